The van der Waals surface area contributed by atoms with Gasteiger partial charge < -0.3 is 10.6 Å². The standard InChI is InChI=1S/C30H19F4N3O3S/c31-20-13-15-23(16-14-20)37-28(39)25(35-21-5-2-1-3-6-21)26(29(37)40)41-24-8-4-7-22(17-24)36-27(38)18-9-11-19(12-10-18)30(32,33)34/h1-17,35H,(H,36,38). The van der Waals surface area contributed by atoms with Gasteiger partial charge in [0.2, 0.25) is 0 Å². The van der Waals surface area contributed by atoms with Crippen molar-refractivity contribution in [3.05, 3.63) is 131 Å². The van der Waals surface area contributed by atoms with Crippen molar-refractivity contribution in [2.24, 2.45) is 0 Å². The molecule has 0 unspecified atom stereocenters. The van der Waals surface area contributed by atoms with Crippen LogP contribution >= 0.6 is 11.8 Å². The third kappa shape index (κ3) is 6.15. The van der Waals surface area contributed by atoms with Gasteiger partial charge in [-0.15, -0.1) is 0 Å². The molecule has 0 fully saturated rings. The number of hydrogen-bond acceptors (Lipinski definition) is 5. The van der Waals surface area contributed by atoms with Gasteiger partial charge in [-0.3, -0.25) is 14.4 Å². The van der Waals surface area contributed by atoms with E-state index in [9.17, 15) is 31.9 Å². The van der Waals surface area contributed by atoms with Gasteiger partial charge in [0.25, 0.3) is 17.7 Å². The summed E-state index contributed by atoms with van der Waals surface area (Å²) in [5.41, 5.74) is 0.271. The minimum Gasteiger partial charge on any atom is -0.350 e. The minimum atomic E-state index is -4.52. The van der Waals surface area contributed by atoms with E-state index >= 15 is 0 Å². The topological polar surface area (TPSA) is 78.5 Å². The summed E-state index contributed by atoms with van der Waals surface area (Å²) in [7, 11) is 0. The number of alkyl halides is 3. The Bertz CT molecular complexity index is 1660. The van der Waals surface area contributed by atoms with Crippen LogP contribution in [-0.4, -0.2) is 17.7 Å². The lowest BCUT2D eigenvalue weighted by Gasteiger charge is -2.15. The van der Waals surface area contributed by atoms with Crippen molar-refractivity contribution in [1.82, 2.24) is 0 Å². The summed E-state index contributed by atoms with van der Waals surface area (Å²) >= 11 is 0.988. The van der Waals surface area contributed by atoms with Crippen molar-refractivity contribution in [1.29, 1.82) is 0 Å². The lowest BCUT2D eigenvalue weighted by atomic mass is 10.1. The molecule has 1 heterocycles. The highest BCUT2D eigenvalue weighted by Crippen LogP contribution is 2.38. The molecule has 0 aliphatic carbocycles. The Morgan fingerprint density at radius 3 is 2.07 bits per heavy atom. The van der Waals surface area contributed by atoms with Crippen LogP contribution < -0.4 is 15.5 Å². The fourth-order valence-corrected chi connectivity index (χ4v) is 4.96. The molecule has 0 spiro atoms. The summed E-state index contributed by atoms with van der Waals surface area (Å²) in [6.45, 7) is 0. The van der Waals surface area contributed by atoms with E-state index in [1.54, 1.807) is 54.6 Å². The summed E-state index contributed by atoms with van der Waals surface area (Å²) in [5, 5.41) is 5.64. The van der Waals surface area contributed by atoms with Crippen molar-refractivity contribution in [3.63, 3.8) is 0 Å². The molecule has 1 aliphatic rings. The molecule has 0 bridgehead atoms. The van der Waals surface area contributed by atoms with Crippen LogP contribution in [-0.2, 0) is 15.8 Å². The first-order chi connectivity index (χ1) is 19.6. The second-order valence-corrected chi connectivity index (χ2v) is 9.86. The highest BCUT2D eigenvalue weighted by atomic mass is 32.2. The van der Waals surface area contributed by atoms with Gasteiger partial charge in [-0.05, 0) is 78.9 Å². The number of nitrogens with zero attached hydrogens (tertiary/aromatic N) is 1. The van der Waals surface area contributed by atoms with Crippen LogP contribution in [0.1, 0.15) is 15.9 Å². The number of benzene rings is 4. The number of imide groups is 1. The molecule has 0 saturated heterocycles. The Balaban J connectivity index is 1.41. The number of amides is 3. The minimum absolute atomic E-state index is 0.0229. The predicted octanol–water partition coefficient (Wildman–Crippen LogP) is 7.09. The maximum absolute atomic E-state index is 13.5. The van der Waals surface area contributed by atoms with E-state index in [-0.39, 0.29) is 21.9 Å². The first-order valence-corrected chi connectivity index (χ1v) is 12.9. The Labute approximate surface area is 235 Å². The molecular formula is C30H19F4N3O3S. The fraction of sp³-hybridized carbons (Fsp3) is 0.0333. The van der Waals surface area contributed by atoms with E-state index in [4.69, 9.17) is 0 Å². The monoisotopic (exact) mass is 577 g/mol. The number of carbonyl (C=O) groups excluding carboxylic acids is 3. The van der Waals surface area contributed by atoms with Crippen LogP contribution in [0.5, 0.6) is 0 Å². The van der Waals surface area contributed by atoms with Crippen LogP contribution in [0.3, 0.4) is 0 Å². The van der Waals surface area contributed by atoms with Gasteiger partial charge in [0.1, 0.15) is 16.4 Å². The molecule has 4 aromatic carbocycles. The highest BCUT2D eigenvalue weighted by Gasteiger charge is 2.40. The first-order valence-electron chi connectivity index (χ1n) is 12.1. The molecule has 11 heteroatoms. The molecule has 0 radical (unpaired) electrons. The lowest BCUT2D eigenvalue weighted by Crippen LogP contribution is -2.32. The molecule has 41 heavy (non-hydrogen) atoms. The Morgan fingerprint density at radius 2 is 1.41 bits per heavy atom. The highest BCUT2D eigenvalue weighted by molar-refractivity contribution is 8.04. The number of rotatable bonds is 7. The van der Waals surface area contributed by atoms with Gasteiger partial charge in [0.05, 0.1) is 11.3 Å². The van der Waals surface area contributed by atoms with Crippen LogP contribution in [0.25, 0.3) is 0 Å². The molecule has 5 rings (SSSR count). The number of anilines is 3. The maximum Gasteiger partial charge on any atom is 0.416 e. The number of halogens is 4. The van der Waals surface area contributed by atoms with E-state index < -0.39 is 35.3 Å². The van der Waals surface area contributed by atoms with Gasteiger partial charge in [0, 0.05) is 21.8 Å². The second-order valence-electron chi connectivity index (χ2n) is 8.78. The van der Waals surface area contributed by atoms with Crippen LogP contribution in [0.2, 0.25) is 0 Å². The summed E-state index contributed by atoms with van der Waals surface area (Å²) < 4.78 is 52.0. The van der Waals surface area contributed by atoms with Crippen LogP contribution in [0.4, 0.5) is 34.6 Å². The van der Waals surface area contributed by atoms with Crippen molar-refractivity contribution in [2.45, 2.75) is 11.1 Å². The van der Waals surface area contributed by atoms with Gasteiger partial charge in [-0.25, -0.2) is 9.29 Å². The molecule has 0 aromatic heterocycles. The van der Waals surface area contributed by atoms with Crippen molar-refractivity contribution in [2.75, 3.05) is 15.5 Å². The zero-order valence-corrected chi connectivity index (χ0v) is 21.7. The van der Waals surface area contributed by atoms with E-state index in [2.05, 4.69) is 10.6 Å². The van der Waals surface area contributed by atoms with E-state index in [1.165, 1.54) is 12.1 Å². The second kappa shape index (κ2) is 11.3. The number of hydrogen-bond donors (Lipinski definition) is 2. The van der Waals surface area contributed by atoms with Crippen LogP contribution in [0, 0.1) is 5.82 Å². The SMILES string of the molecule is O=C(Nc1cccc(SC2=C(Nc3ccccc3)C(=O)N(c3ccc(F)cc3)C2=O)c1)c1ccc(C(F)(F)F)cc1. The molecule has 0 atom stereocenters. The number of para-hydroxylation sites is 1. The number of nitrogens with one attached hydrogen (secondary N) is 2. The average molecular weight is 578 g/mol. The molecule has 6 nitrogen and oxygen atoms in total. The van der Waals surface area contributed by atoms with Crippen molar-refractivity contribution < 1.29 is 31.9 Å². The molecule has 4 aromatic rings. The molecule has 1 aliphatic heterocycles. The normalized spacial score (nSPS) is 13.5. The fourth-order valence-electron chi connectivity index (χ4n) is 3.97. The predicted molar refractivity (Wildman–Crippen MR) is 148 cm³/mol. The quantitative estimate of drug-likeness (QED) is 0.181. The van der Waals surface area contributed by atoms with E-state index in [0.717, 1.165) is 53.1 Å². The number of thioether (sulfide) groups is 1. The first kappa shape index (κ1) is 27.7. The molecule has 3 amide bonds. The Kier molecular flexibility index (Phi) is 7.62. The van der Waals surface area contributed by atoms with Gasteiger partial charge >= 0.3 is 6.18 Å². The largest absolute Gasteiger partial charge is 0.416 e. The molecular weight excluding hydrogens is 558 g/mol. The summed E-state index contributed by atoms with van der Waals surface area (Å²) in [4.78, 5) is 41.1. The zero-order chi connectivity index (χ0) is 29.1. The Morgan fingerprint density at radius 1 is 0.756 bits per heavy atom. The van der Waals surface area contributed by atoms with Gasteiger partial charge in [-0.2, -0.15) is 13.2 Å². The molecule has 206 valence electrons. The van der Waals surface area contributed by atoms with Crippen molar-refractivity contribution >= 4 is 46.5 Å². The van der Waals surface area contributed by atoms with Gasteiger partial charge in [0.15, 0.2) is 0 Å². The molecule has 2 N–H and O–H groups in total. The summed E-state index contributed by atoms with van der Waals surface area (Å²) in [5.74, 6) is -2.39. The third-order valence-corrected chi connectivity index (χ3v) is 7.03. The lowest BCUT2D eigenvalue weighted by molar-refractivity contribution is -0.137. The smallest absolute Gasteiger partial charge is 0.350 e. The average Bonchev–Trinajstić information content (AvgIpc) is 3.18. The molecule has 0 saturated carbocycles. The maximum atomic E-state index is 13.5. The van der Waals surface area contributed by atoms with Crippen molar-refractivity contribution in [3.8, 4) is 0 Å². The number of carbonyl (C=O) groups is 3. The third-order valence-electron chi connectivity index (χ3n) is 5.96. The van der Waals surface area contributed by atoms with Gasteiger partial charge in [-0.1, -0.05) is 36.0 Å². The Hall–Kier alpha value is -4.90. The van der Waals surface area contributed by atoms with E-state index in [1.807, 2.05) is 0 Å². The zero-order valence-electron chi connectivity index (χ0n) is 20.9. The summed E-state index contributed by atoms with van der Waals surface area (Å²) in [6.07, 6.45) is -4.52. The summed E-state index contributed by atoms with van der Waals surface area (Å²) in [6, 6.07) is 24.0. The van der Waals surface area contributed by atoms with E-state index in [0.29, 0.717) is 16.3 Å². The van der Waals surface area contributed by atoms with Crippen LogP contribution in [0.15, 0.2) is 119 Å².